The molecule has 3 aliphatic carbocycles. The fraction of sp³-hybridized carbons (Fsp3) is 0.548. The van der Waals surface area contributed by atoms with Gasteiger partial charge >= 0.3 is 12.0 Å². The SMILES string of the molecule is [C-]#[N+]C(C#N)C1C2CC3C(C)(C)OC(C/C=C(/C)C(=O)OC)(C2=O)C32Oc3c(CC=C(C)C)c4c(c(O)c3C(=O)C12)C=CC(C)(CCC=C(C)C)O4. The summed E-state index contributed by atoms with van der Waals surface area (Å²) in [6.45, 7) is 23.3. The number of nitrogens with zero attached hydrogens (tertiary/aromatic N) is 2. The van der Waals surface area contributed by atoms with Gasteiger partial charge in [-0.3, -0.25) is 14.4 Å². The zero-order valence-electron chi connectivity index (χ0n) is 31.5. The molecule has 52 heavy (non-hydrogen) atoms. The summed E-state index contributed by atoms with van der Waals surface area (Å²) >= 11 is 0. The lowest BCUT2D eigenvalue weighted by molar-refractivity contribution is -0.211. The Morgan fingerprint density at radius 1 is 1.12 bits per heavy atom. The standard InChI is InChI=1S/C42H48N2O8/c1-22(2)12-11-17-40(8)18-16-25-33(45)31-34(46)32-30(28(21-43)44-9)27-20-29-39(6,7)52-41(37(27)47,19-15-24(5)38(48)49-10)42(29,32)51-36(31)26(35(25)50-40)14-13-23(3)4/h12-13,15-16,18,27-30,32,45H,11,14,17,19-20H2,1-8,10H3/b24-15-. The number of nitriles is 1. The Morgan fingerprint density at radius 2 is 1.81 bits per heavy atom. The molecule has 4 bridgehead atoms. The van der Waals surface area contributed by atoms with Gasteiger partial charge in [0.2, 0.25) is 0 Å². The van der Waals surface area contributed by atoms with E-state index in [4.69, 9.17) is 25.5 Å². The zero-order valence-corrected chi connectivity index (χ0v) is 31.5. The number of esters is 1. The minimum absolute atomic E-state index is 0.0479. The number of fused-ring (bicyclic) bond motifs is 2. The van der Waals surface area contributed by atoms with Gasteiger partial charge in [-0.25, -0.2) is 11.4 Å². The van der Waals surface area contributed by atoms with Gasteiger partial charge in [0.05, 0.1) is 30.1 Å². The fourth-order valence-electron chi connectivity index (χ4n) is 9.61. The summed E-state index contributed by atoms with van der Waals surface area (Å²) in [4.78, 5) is 46.5. The minimum atomic E-state index is -1.76. The average Bonchev–Trinajstić information content (AvgIpc) is 3.22. The number of rotatable bonds is 9. The Labute approximate surface area is 306 Å². The first-order valence-electron chi connectivity index (χ1n) is 18.0. The van der Waals surface area contributed by atoms with Crippen LogP contribution in [0.2, 0.25) is 0 Å². The number of ether oxygens (including phenoxy) is 4. The van der Waals surface area contributed by atoms with Crippen LogP contribution in [0.4, 0.5) is 0 Å². The van der Waals surface area contributed by atoms with Crippen molar-refractivity contribution in [2.24, 2.45) is 23.7 Å². The van der Waals surface area contributed by atoms with Gasteiger partial charge in [-0.05, 0) is 93.2 Å². The van der Waals surface area contributed by atoms with Crippen LogP contribution < -0.4 is 9.47 Å². The highest BCUT2D eigenvalue weighted by Crippen LogP contribution is 2.72. The molecule has 10 heteroatoms. The van der Waals surface area contributed by atoms with Crippen molar-refractivity contribution in [1.82, 2.24) is 0 Å². The van der Waals surface area contributed by atoms with Gasteiger partial charge in [0.15, 0.2) is 28.8 Å². The second-order valence-corrected chi connectivity index (χ2v) is 16.2. The molecule has 3 aliphatic heterocycles. The van der Waals surface area contributed by atoms with E-state index in [-0.39, 0.29) is 41.3 Å². The van der Waals surface area contributed by atoms with E-state index in [1.807, 2.05) is 60.6 Å². The lowest BCUT2D eigenvalue weighted by atomic mass is 9.42. The molecule has 3 heterocycles. The van der Waals surface area contributed by atoms with Crippen molar-refractivity contribution in [2.75, 3.05) is 7.11 Å². The van der Waals surface area contributed by atoms with Crippen molar-refractivity contribution in [3.8, 4) is 23.3 Å². The van der Waals surface area contributed by atoms with Crippen LogP contribution in [0, 0.1) is 41.6 Å². The van der Waals surface area contributed by atoms with Gasteiger partial charge in [0.25, 0.3) is 0 Å². The molecule has 274 valence electrons. The number of phenols is 1. The maximum Gasteiger partial charge on any atom is 0.333 e. The van der Waals surface area contributed by atoms with Gasteiger partial charge in [0.1, 0.15) is 28.4 Å². The summed E-state index contributed by atoms with van der Waals surface area (Å²) in [5, 5.41) is 22.3. The van der Waals surface area contributed by atoms with Crippen LogP contribution in [0.1, 0.15) is 103 Å². The zero-order chi connectivity index (χ0) is 38.1. The molecule has 0 amide bonds. The molecule has 1 aromatic rings. The van der Waals surface area contributed by atoms with Crippen LogP contribution in [0.5, 0.6) is 17.2 Å². The van der Waals surface area contributed by atoms with Gasteiger partial charge in [-0.2, -0.15) is 5.26 Å². The lowest BCUT2D eigenvalue weighted by Gasteiger charge is -2.62. The van der Waals surface area contributed by atoms with Crippen LogP contribution in [0.25, 0.3) is 10.9 Å². The molecule has 6 aliphatic rings. The summed E-state index contributed by atoms with van der Waals surface area (Å²) < 4.78 is 25.9. The third kappa shape index (κ3) is 5.24. The third-order valence-electron chi connectivity index (χ3n) is 12.0. The van der Waals surface area contributed by atoms with Crippen LogP contribution >= 0.6 is 0 Å². The number of methoxy groups -OCH3 is 1. The topological polar surface area (TPSA) is 137 Å². The Balaban J connectivity index is 1.65. The van der Waals surface area contributed by atoms with Crippen molar-refractivity contribution >= 4 is 23.6 Å². The molecule has 1 aromatic carbocycles. The van der Waals surface area contributed by atoms with Gasteiger partial charge < -0.3 is 24.1 Å². The van der Waals surface area contributed by atoms with E-state index < -0.39 is 63.9 Å². The van der Waals surface area contributed by atoms with Gasteiger partial charge in [-0.1, -0.05) is 29.4 Å². The third-order valence-corrected chi connectivity index (χ3v) is 12.0. The molecular formula is C42H48N2O8. The van der Waals surface area contributed by atoms with Crippen LogP contribution in [0.15, 0.2) is 41.0 Å². The second-order valence-electron chi connectivity index (χ2n) is 16.2. The number of allylic oxidation sites excluding steroid dienone is 4. The van der Waals surface area contributed by atoms with Crippen molar-refractivity contribution < 1.29 is 38.4 Å². The lowest BCUT2D eigenvalue weighted by Crippen LogP contribution is -2.79. The maximum absolute atomic E-state index is 15.4. The number of carbonyl (C=O) groups excluding carboxylic acids is 3. The Kier molecular flexibility index (Phi) is 9.11. The molecule has 1 spiro atoms. The molecular weight excluding hydrogens is 660 g/mol. The highest BCUT2D eigenvalue weighted by molar-refractivity contribution is 6.10. The quantitative estimate of drug-likeness (QED) is 0.120. The van der Waals surface area contributed by atoms with Crippen LogP contribution in [-0.4, -0.2) is 58.2 Å². The number of ketones is 2. The van der Waals surface area contributed by atoms with Crippen molar-refractivity contribution in [2.45, 2.75) is 116 Å². The molecule has 0 radical (unpaired) electrons. The van der Waals surface area contributed by atoms with Gasteiger partial charge in [0, 0.05) is 29.4 Å². The molecule has 1 saturated heterocycles. The molecule has 1 N–H and O–H groups in total. The number of hydrogen-bond acceptors (Lipinski definition) is 9. The van der Waals surface area contributed by atoms with E-state index in [0.29, 0.717) is 29.7 Å². The predicted molar refractivity (Wildman–Crippen MR) is 194 cm³/mol. The van der Waals surface area contributed by atoms with E-state index in [1.54, 1.807) is 19.1 Å². The summed E-state index contributed by atoms with van der Waals surface area (Å²) in [5.41, 5.74) is -1.85. The van der Waals surface area contributed by atoms with Crippen LogP contribution in [0.3, 0.4) is 0 Å². The molecule has 8 atom stereocenters. The first-order chi connectivity index (χ1) is 24.4. The van der Waals surface area contributed by atoms with Crippen molar-refractivity contribution in [3.05, 3.63) is 69.1 Å². The molecule has 4 fully saturated rings. The Morgan fingerprint density at radius 3 is 2.42 bits per heavy atom. The Bertz CT molecular complexity index is 1950. The number of hydrogen-bond donors (Lipinski definition) is 1. The highest BCUT2D eigenvalue weighted by Gasteiger charge is 2.86. The maximum atomic E-state index is 15.4. The number of benzene rings is 1. The summed E-state index contributed by atoms with van der Waals surface area (Å²) in [5.74, 6) is -4.82. The predicted octanol–water partition coefficient (Wildman–Crippen LogP) is 7.45. The second kappa shape index (κ2) is 12.8. The average molecular weight is 709 g/mol. The smallest absolute Gasteiger partial charge is 0.333 e. The normalized spacial score (nSPS) is 32.2. The minimum Gasteiger partial charge on any atom is -0.506 e. The van der Waals surface area contributed by atoms with Crippen molar-refractivity contribution in [1.29, 1.82) is 5.26 Å². The number of Topliss-reactive ketones (excluding diaryl/α,β-unsaturated/α-hetero) is 2. The molecule has 7 rings (SSSR count). The van der Waals surface area contributed by atoms with E-state index in [2.05, 4.69) is 17.0 Å². The monoisotopic (exact) mass is 708 g/mol. The number of phenolic OH excluding ortho intramolecular Hbond substituents is 1. The first kappa shape index (κ1) is 37.1. The molecule has 0 aromatic heterocycles. The Hall–Kier alpha value is -4.67. The molecule has 10 nitrogen and oxygen atoms in total. The van der Waals surface area contributed by atoms with Crippen molar-refractivity contribution in [3.63, 3.8) is 0 Å². The van der Waals surface area contributed by atoms with E-state index in [9.17, 15) is 20.0 Å². The summed E-state index contributed by atoms with van der Waals surface area (Å²) in [6.07, 6.45) is 11.3. The van der Waals surface area contributed by atoms with E-state index >= 15 is 4.79 Å². The summed E-state index contributed by atoms with van der Waals surface area (Å²) in [6, 6.07) is 0.740. The summed E-state index contributed by atoms with van der Waals surface area (Å²) in [7, 11) is 1.27. The number of aromatic hydroxyl groups is 1. The molecule has 3 saturated carbocycles. The van der Waals surface area contributed by atoms with Crippen LogP contribution in [-0.2, 0) is 25.5 Å². The van der Waals surface area contributed by atoms with E-state index in [0.717, 1.165) is 12.0 Å². The van der Waals surface area contributed by atoms with Gasteiger partial charge in [-0.15, -0.1) is 0 Å². The number of carbonyl (C=O) groups is 3. The van der Waals surface area contributed by atoms with E-state index in [1.165, 1.54) is 12.7 Å². The molecule has 8 unspecified atom stereocenters. The fourth-order valence-corrected chi connectivity index (χ4v) is 9.61. The highest BCUT2D eigenvalue weighted by atomic mass is 16.6. The first-order valence-corrected chi connectivity index (χ1v) is 18.0. The largest absolute Gasteiger partial charge is 0.506 e.